The van der Waals surface area contributed by atoms with Crippen molar-refractivity contribution in [2.45, 2.75) is 6.61 Å². The van der Waals surface area contributed by atoms with Gasteiger partial charge in [0, 0.05) is 17.7 Å². The molecule has 134 valence electrons. The highest BCUT2D eigenvalue weighted by molar-refractivity contribution is 5.87. The summed E-state index contributed by atoms with van der Waals surface area (Å²) in [5, 5.41) is 3.84. The Hall–Kier alpha value is -3.48. The van der Waals surface area contributed by atoms with E-state index >= 15 is 0 Å². The summed E-state index contributed by atoms with van der Waals surface area (Å²) in [4.78, 5) is 11.9. The number of methoxy groups -OCH3 is 2. The lowest BCUT2D eigenvalue weighted by atomic mass is 10.1. The molecule has 0 aliphatic heterocycles. The maximum atomic E-state index is 11.9. The highest BCUT2D eigenvalue weighted by Gasteiger charge is 2.10. The normalized spacial score (nSPS) is 10.8. The molecule has 26 heavy (non-hydrogen) atoms. The summed E-state index contributed by atoms with van der Waals surface area (Å²) >= 11 is 0. The number of carbonyl (C=O) groups is 1. The molecule has 1 aromatic carbocycles. The molecule has 0 fully saturated rings. The van der Waals surface area contributed by atoms with E-state index in [1.165, 1.54) is 12.3 Å². The predicted molar refractivity (Wildman–Crippen MR) is 92.6 cm³/mol. The van der Waals surface area contributed by atoms with Gasteiger partial charge in [-0.3, -0.25) is 0 Å². The molecule has 0 radical (unpaired) electrons. The predicted octanol–water partition coefficient (Wildman–Crippen LogP) is 3.71. The van der Waals surface area contributed by atoms with Crippen molar-refractivity contribution in [3.8, 4) is 23.0 Å². The average molecular weight is 355 g/mol. The van der Waals surface area contributed by atoms with Crippen LogP contribution in [0.2, 0.25) is 0 Å². The fraction of sp³-hybridized carbons (Fsp3) is 0.158. The zero-order chi connectivity index (χ0) is 18.4. The lowest BCUT2D eigenvalue weighted by molar-refractivity contribution is -0.139. The van der Waals surface area contributed by atoms with Crippen LogP contribution in [0.1, 0.15) is 11.3 Å². The Bertz CT molecular complexity index is 895. The van der Waals surface area contributed by atoms with Crippen molar-refractivity contribution in [3.63, 3.8) is 0 Å². The van der Waals surface area contributed by atoms with E-state index in [0.29, 0.717) is 34.3 Å². The third-order valence-electron chi connectivity index (χ3n) is 3.52. The number of ether oxygens (including phenoxy) is 3. The van der Waals surface area contributed by atoms with Crippen LogP contribution in [-0.2, 0) is 16.1 Å². The second-order valence-electron chi connectivity index (χ2n) is 5.21. The number of rotatable bonds is 7. The Balaban J connectivity index is 1.60. The van der Waals surface area contributed by atoms with E-state index in [4.69, 9.17) is 23.2 Å². The van der Waals surface area contributed by atoms with E-state index < -0.39 is 5.97 Å². The molecular formula is C19H17NO6. The van der Waals surface area contributed by atoms with Crippen molar-refractivity contribution >= 4 is 12.0 Å². The van der Waals surface area contributed by atoms with E-state index in [9.17, 15) is 4.79 Å². The Morgan fingerprint density at radius 3 is 2.77 bits per heavy atom. The summed E-state index contributed by atoms with van der Waals surface area (Å²) in [6, 6.07) is 10.4. The van der Waals surface area contributed by atoms with Crippen molar-refractivity contribution in [3.05, 3.63) is 60.0 Å². The standard InChI is InChI=1S/C19H17NO6/c1-22-15-6-7-16(23-2)13(10-15)5-8-19(21)25-12-14-11-18(26-20-14)17-4-3-9-24-17/h3-11H,12H2,1-2H3/b8-5+. The topological polar surface area (TPSA) is 83.9 Å². The lowest BCUT2D eigenvalue weighted by Crippen LogP contribution is -2.01. The molecule has 0 saturated heterocycles. The lowest BCUT2D eigenvalue weighted by Gasteiger charge is -2.07. The van der Waals surface area contributed by atoms with Crippen molar-refractivity contribution in [2.24, 2.45) is 0 Å². The summed E-state index contributed by atoms with van der Waals surface area (Å²) in [5.74, 6) is 1.79. The van der Waals surface area contributed by atoms with Gasteiger partial charge in [-0.1, -0.05) is 5.16 Å². The Labute approximate surface area is 149 Å². The molecule has 0 amide bonds. The molecule has 3 rings (SSSR count). The molecule has 0 atom stereocenters. The SMILES string of the molecule is COc1ccc(OC)c(/C=C/C(=O)OCc2cc(-c3ccco3)on2)c1. The molecule has 2 heterocycles. The summed E-state index contributed by atoms with van der Waals surface area (Å²) in [6.07, 6.45) is 4.45. The number of carbonyl (C=O) groups excluding carboxylic acids is 1. The van der Waals surface area contributed by atoms with E-state index in [1.807, 2.05) is 0 Å². The van der Waals surface area contributed by atoms with Gasteiger partial charge in [0.1, 0.15) is 23.8 Å². The quantitative estimate of drug-likeness (QED) is 0.472. The van der Waals surface area contributed by atoms with Crippen molar-refractivity contribution < 1.29 is 27.9 Å². The summed E-state index contributed by atoms with van der Waals surface area (Å²) in [5.41, 5.74) is 1.18. The molecule has 0 spiro atoms. The number of nitrogens with zero attached hydrogens (tertiary/aromatic N) is 1. The molecule has 0 aliphatic carbocycles. The van der Waals surface area contributed by atoms with Gasteiger partial charge in [-0.25, -0.2) is 4.79 Å². The fourth-order valence-electron chi connectivity index (χ4n) is 2.24. The number of furan rings is 1. The molecular weight excluding hydrogens is 338 g/mol. The first-order chi connectivity index (χ1) is 12.7. The number of hydrogen-bond donors (Lipinski definition) is 0. The molecule has 0 bridgehead atoms. The Morgan fingerprint density at radius 2 is 2.04 bits per heavy atom. The van der Waals surface area contributed by atoms with Gasteiger partial charge >= 0.3 is 5.97 Å². The number of esters is 1. The third-order valence-corrected chi connectivity index (χ3v) is 3.52. The Morgan fingerprint density at radius 1 is 1.15 bits per heavy atom. The zero-order valence-corrected chi connectivity index (χ0v) is 14.3. The Kier molecular flexibility index (Phi) is 5.38. The van der Waals surface area contributed by atoms with Crippen LogP contribution >= 0.6 is 0 Å². The highest BCUT2D eigenvalue weighted by Crippen LogP contribution is 2.25. The highest BCUT2D eigenvalue weighted by atomic mass is 16.5. The van der Waals surface area contributed by atoms with Crippen molar-refractivity contribution in [2.75, 3.05) is 14.2 Å². The minimum absolute atomic E-state index is 0.0113. The van der Waals surface area contributed by atoms with Crippen LogP contribution in [0.4, 0.5) is 0 Å². The van der Waals surface area contributed by atoms with Crippen LogP contribution in [0.15, 0.2) is 57.7 Å². The smallest absolute Gasteiger partial charge is 0.331 e. The second kappa shape index (κ2) is 8.06. The van der Waals surface area contributed by atoms with Crippen molar-refractivity contribution in [1.29, 1.82) is 0 Å². The monoisotopic (exact) mass is 355 g/mol. The van der Waals surface area contributed by atoms with Crippen molar-refractivity contribution in [1.82, 2.24) is 5.16 Å². The second-order valence-corrected chi connectivity index (χ2v) is 5.21. The van der Waals surface area contributed by atoms with Gasteiger partial charge in [0.25, 0.3) is 0 Å². The van der Waals surface area contributed by atoms with Gasteiger partial charge in [0.2, 0.25) is 5.76 Å². The van der Waals surface area contributed by atoms with Gasteiger partial charge in [-0.05, 0) is 36.4 Å². The van der Waals surface area contributed by atoms with E-state index in [2.05, 4.69) is 5.16 Å². The van der Waals surface area contributed by atoms with Crippen LogP contribution in [0.5, 0.6) is 11.5 Å². The molecule has 2 aromatic heterocycles. The maximum Gasteiger partial charge on any atom is 0.331 e. The molecule has 7 heteroatoms. The number of benzene rings is 1. The van der Waals surface area contributed by atoms with E-state index in [-0.39, 0.29) is 6.61 Å². The zero-order valence-electron chi connectivity index (χ0n) is 14.3. The molecule has 0 unspecified atom stereocenters. The van der Waals surface area contributed by atoms with E-state index in [1.54, 1.807) is 56.7 Å². The minimum atomic E-state index is -0.516. The van der Waals surface area contributed by atoms with Gasteiger partial charge < -0.3 is 23.2 Å². The molecule has 0 aliphatic rings. The van der Waals surface area contributed by atoms with Gasteiger partial charge in [-0.2, -0.15) is 0 Å². The van der Waals surface area contributed by atoms with Gasteiger partial charge in [0.15, 0.2) is 5.76 Å². The van der Waals surface area contributed by atoms with Crippen LogP contribution in [0, 0.1) is 0 Å². The number of aromatic nitrogens is 1. The third kappa shape index (κ3) is 4.13. The fourth-order valence-corrected chi connectivity index (χ4v) is 2.24. The summed E-state index contributed by atoms with van der Waals surface area (Å²) in [7, 11) is 3.12. The minimum Gasteiger partial charge on any atom is -0.497 e. The maximum absolute atomic E-state index is 11.9. The van der Waals surface area contributed by atoms with Gasteiger partial charge in [0.05, 0.1) is 20.5 Å². The van der Waals surface area contributed by atoms with Crippen LogP contribution in [0.25, 0.3) is 17.6 Å². The van der Waals surface area contributed by atoms with Crippen LogP contribution in [0.3, 0.4) is 0 Å². The summed E-state index contributed by atoms with van der Waals surface area (Å²) in [6.45, 7) is -0.0113. The average Bonchev–Trinajstić information content (AvgIpc) is 3.35. The molecule has 3 aromatic rings. The first kappa shape index (κ1) is 17.3. The summed E-state index contributed by atoms with van der Waals surface area (Å²) < 4.78 is 25.9. The molecule has 7 nitrogen and oxygen atoms in total. The van der Waals surface area contributed by atoms with Gasteiger partial charge in [-0.15, -0.1) is 0 Å². The van der Waals surface area contributed by atoms with E-state index in [0.717, 1.165) is 0 Å². The van der Waals surface area contributed by atoms with Crippen LogP contribution < -0.4 is 9.47 Å². The van der Waals surface area contributed by atoms with Crippen LogP contribution in [-0.4, -0.2) is 25.3 Å². The first-order valence-electron chi connectivity index (χ1n) is 7.76. The molecule has 0 saturated carbocycles. The first-order valence-corrected chi connectivity index (χ1v) is 7.76. The molecule has 0 N–H and O–H groups in total. The largest absolute Gasteiger partial charge is 0.497 e. The number of hydrogen-bond acceptors (Lipinski definition) is 7.